The maximum Gasteiger partial charge on any atom is 0.221 e. The Morgan fingerprint density at radius 1 is 1.39 bits per heavy atom. The van der Waals surface area contributed by atoms with E-state index in [0.29, 0.717) is 25.5 Å². The third-order valence-corrected chi connectivity index (χ3v) is 3.70. The first-order chi connectivity index (χ1) is 10.6. The van der Waals surface area contributed by atoms with Crippen LogP contribution in [0.4, 0.5) is 0 Å². The third-order valence-electron chi connectivity index (χ3n) is 3.70. The molecular formula is C15H32IN5O2. The van der Waals surface area contributed by atoms with Crippen molar-refractivity contribution in [3.05, 3.63) is 0 Å². The van der Waals surface area contributed by atoms with E-state index < -0.39 is 0 Å². The molecule has 1 rings (SSSR count). The lowest BCUT2D eigenvalue weighted by Gasteiger charge is -2.26. The van der Waals surface area contributed by atoms with E-state index in [9.17, 15) is 4.79 Å². The molecule has 4 N–H and O–H groups in total. The number of nitrogens with one attached hydrogen (secondary N) is 2. The Bertz CT molecular complexity index is 349. The first-order valence-corrected chi connectivity index (χ1v) is 8.25. The zero-order valence-electron chi connectivity index (χ0n) is 14.3. The Hall–Kier alpha value is -0.610. The quantitative estimate of drug-likeness (QED) is 0.210. The topological polar surface area (TPSA) is 92.0 Å². The fraction of sp³-hybridized carbons (Fsp3) is 0.867. The molecule has 1 atom stereocenters. The lowest BCUT2D eigenvalue weighted by molar-refractivity contribution is -0.121. The van der Waals surface area contributed by atoms with E-state index in [1.54, 1.807) is 0 Å². The fourth-order valence-electron chi connectivity index (χ4n) is 2.13. The molecule has 1 fully saturated rings. The van der Waals surface area contributed by atoms with Crippen LogP contribution < -0.4 is 16.4 Å². The molecule has 0 saturated carbocycles. The molecule has 1 amide bonds. The molecule has 1 saturated heterocycles. The van der Waals surface area contributed by atoms with E-state index in [1.807, 2.05) is 13.8 Å². The zero-order valence-corrected chi connectivity index (χ0v) is 16.7. The summed E-state index contributed by atoms with van der Waals surface area (Å²) >= 11 is 0. The van der Waals surface area contributed by atoms with E-state index in [4.69, 9.17) is 10.5 Å². The van der Waals surface area contributed by atoms with Crippen molar-refractivity contribution in [1.29, 1.82) is 0 Å². The Kier molecular flexibility index (Phi) is 13.4. The average molecular weight is 441 g/mol. The second-order valence-electron chi connectivity index (χ2n) is 5.63. The number of carbonyl (C=O) groups excluding carboxylic acids is 1. The molecule has 0 aliphatic carbocycles. The third kappa shape index (κ3) is 11.5. The number of guanidine groups is 1. The number of halogens is 1. The molecule has 0 spiro atoms. The van der Waals surface area contributed by atoms with E-state index >= 15 is 0 Å². The van der Waals surface area contributed by atoms with Crippen LogP contribution in [0.5, 0.6) is 0 Å². The molecule has 0 aromatic rings. The van der Waals surface area contributed by atoms with Crippen LogP contribution in [0, 0.1) is 0 Å². The lowest BCUT2D eigenvalue weighted by Crippen LogP contribution is -2.38. The van der Waals surface area contributed by atoms with Crippen molar-refractivity contribution in [1.82, 2.24) is 15.5 Å². The predicted molar refractivity (Wildman–Crippen MR) is 104 cm³/mol. The summed E-state index contributed by atoms with van der Waals surface area (Å²) in [6.07, 6.45) is 2.33. The minimum atomic E-state index is 0. The summed E-state index contributed by atoms with van der Waals surface area (Å²) in [4.78, 5) is 18.2. The second-order valence-corrected chi connectivity index (χ2v) is 5.63. The molecule has 0 aromatic carbocycles. The molecule has 1 aliphatic rings. The van der Waals surface area contributed by atoms with Crippen molar-refractivity contribution in [3.63, 3.8) is 0 Å². The number of ether oxygens (including phenoxy) is 1. The number of carbonyl (C=O) groups is 1. The number of aliphatic imine (C=N–C) groups is 1. The van der Waals surface area contributed by atoms with Gasteiger partial charge in [-0.2, -0.15) is 0 Å². The SMILES string of the molecule is CCC(C)NC(=O)CCNC(N)=NCCCN1CCOCC1.I. The van der Waals surface area contributed by atoms with Crippen LogP contribution in [0.15, 0.2) is 4.99 Å². The molecule has 0 radical (unpaired) electrons. The van der Waals surface area contributed by atoms with Crippen LogP contribution in [-0.4, -0.2) is 68.7 Å². The second kappa shape index (κ2) is 13.8. The molecule has 7 nitrogen and oxygen atoms in total. The summed E-state index contributed by atoms with van der Waals surface area (Å²) in [6.45, 7) is 9.94. The Labute approximate surface area is 156 Å². The van der Waals surface area contributed by atoms with Gasteiger partial charge in [0.15, 0.2) is 5.96 Å². The van der Waals surface area contributed by atoms with Gasteiger partial charge < -0.3 is 21.1 Å². The van der Waals surface area contributed by atoms with Crippen molar-refractivity contribution in [2.75, 3.05) is 45.9 Å². The monoisotopic (exact) mass is 441 g/mol. The highest BCUT2D eigenvalue weighted by Gasteiger charge is 2.09. The number of hydrogen-bond donors (Lipinski definition) is 3. The summed E-state index contributed by atoms with van der Waals surface area (Å²) in [5.41, 5.74) is 5.78. The maximum absolute atomic E-state index is 11.6. The van der Waals surface area contributed by atoms with Gasteiger partial charge in [0.1, 0.15) is 0 Å². The highest BCUT2D eigenvalue weighted by molar-refractivity contribution is 14.0. The van der Waals surface area contributed by atoms with Gasteiger partial charge in [-0.25, -0.2) is 0 Å². The summed E-state index contributed by atoms with van der Waals surface area (Å²) < 4.78 is 5.31. The van der Waals surface area contributed by atoms with Crippen LogP contribution >= 0.6 is 24.0 Å². The largest absolute Gasteiger partial charge is 0.379 e. The van der Waals surface area contributed by atoms with Gasteiger partial charge in [-0.15, -0.1) is 24.0 Å². The van der Waals surface area contributed by atoms with Crippen LogP contribution in [0.1, 0.15) is 33.1 Å². The Balaban J connectivity index is 0.00000484. The van der Waals surface area contributed by atoms with Crippen molar-refractivity contribution >= 4 is 35.8 Å². The van der Waals surface area contributed by atoms with Crippen molar-refractivity contribution in [2.45, 2.75) is 39.2 Å². The van der Waals surface area contributed by atoms with Crippen LogP contribution in [-0.2, 0) is 9.53 Å². The van der Waals surface area contributed by atoms with Crippen molar-refractivity contribution in [3.8, 4) is 0 Å². The van der Waals surface area contributed by atoms with Crippen LogP contribution in [0.25, 0.3) is 0 Å². The van der Waals surface area contributed by atoms with E-state index in [2.05, 4.69) is 20.5 Å². The summed E-state index contributed by atoms with van der Waals surface area (Å²) in [6, 6.07) is 0.221. The molecule has 1 aliphatic heterocycles. The number of amides is 1. The number of morpholine rings is 1. The average Bonchev–Trinajstić information content (AvgIpc) is 2.52. The van der Waals surface area contributed by atoms with Gasteiger partial charge in [-0.1, -0.05) is 6.92 Å². The number of rotatable bonds is 9. The molecule has 1 heterocycles. The van der Waals surface area contributed by atoms with Gasteiger partial charge in [-0.05, 0) is 19.8 Å². The van der Waals surface area contributed by atoms with Gasteiger partial charge in [0, 0.05) is 45.2 Å². The summed E-state index contributed by atoms with van der Waals surface area (Å²) in [5, 5.41) is 5.89. The molecule has 0 bridgehead atoms. The summed E-state index contributed by atoms with van der Waals surface area (Å²) in [5.74, 6) is 0.459. The molecule has 8 heteroatoms. The minimum absolute atomic E-state index is 0. The Morgan fingerprint density at radius 2 is 2.09 bits per heavy atom. The van der Waals surface area contributed by atoms with E-state index in [0.717, 1.165) is 45.7 Å². The minimum Gasteiger partial charge on any atom is -0.379 e. The predicted octanol–water partition coefficient (Wildman–Crippen LogP) is 0.536. The molecule has 1 unspecified atom stereocenters. The highest BCUT2D eigenvalue weighted by atomic mass is 127. The van der Waals surface area contributed by atoms with Gasteiger partial charge >= 0.3 is 0 Å². The zero-order chi connectivity index (χ0) is 16.2. The highest BCUT2D eigenvalue weighted by Crippen LogP contribution is 1.97. The number of nitrogens with zero attached hydrogens (tertiary/aromatic N) is 2. The Morgan fingerprint density at radius 3 is 2.74 bits per heavy atom. The van der Waals surface area contributed by atoms with Crippen LogP contribution in [0.2, 0.25) is 0 Å². The smallest absolute Gasteiger partial charge is 0.221 e. The van der Waals surface area contributed by atoms with E-state index in [1.165, 1.54) is 0 Å². The standard InChI is InChI=1S/C15H31N5O2.HI/c1-3-13(2)19-14(21)5-7-18-15(16)17-6-4-8-20-9-11-22-12-10-20;/h13H,3-12H2,1-2H3,(H,19,21)(H3,16,17,18);1H. The van der Waals surface area contributed by atoms with E-state index in [-0.39, 0.29) is 35.9 Å². The van der Waals surface area contributed by atoms with Crippen molar-refractivity contribution in [2.24, 2.45) is 10.7 Å². The normalized spacial score (nSPS) is 17.2. The molecule has 136 valence electrons. The molecule has 0 aromatic heterocycles. The number of hydrogen-bond acceptors (Lipinski definition) is 4. The van der Waals surface area contributed by atoms with Gasteiger partial charge in [0.25, 0.3) is 0 Å². The van der Waals surface area contributed by atoms with Crippen molar-refractivity contribution < 1.29 is 9.53 Å². The maximum atomic E-state index is 11.6. The lowest BCUT2D eigenvalue weighted by atomic mass is 10.2. The summed E-state index contributed by atoms with van der Waals surface area (Å²) in [7, 11) is 0. The molecule has 23 heavy (non-hydrogen) atoms. The van der Waals surface area contributed by atoms with Crippen LogP contribution in [0.3, 0.4) is 0 Å². The molecular weight excluding hydrogens is 409 g/mol. The number of nitrogens with two attached hydrogens (primary N) is 1. The first kappa shape index (κ1) is 22.4. The first-order valence-electron chi connectivity index (χ1n) is 8.25. The van der Waals surface area contributed by atoms with Gasteiger partial charge in [0.2, 0.25) is 5.91 Å². The fourth-order valence-corrected chi connectivity index (χ4v) is 2.13. The van der Waals surface area contributed by atoms with Gasteiger partial charge in [-0.3, -0.25) is 14.7 Å². The van der Waals surface area contributed by atoms with Gasteiger partial charge in [0.05, 0.1) is 13.2 Å².